The highest BCUT2D eigenvalue weighted by molar-refractivity contribution is 4.96. The molecule has 0 saturated carbocycles. The maximum Gasteiger partial charge on any atom is 0.330 e. The van der Waals surface area contributed by atoms with Crippen molar-refractivity contribution in [3.63, 3.8) is 0 Å². The minimum atomic E-state index is -1.37. The number of aliphatic hydroxyl groups excluding tert-OH is 6. The first kappa shape index (κ1) is 39.3. The molecule has 3 aliphatic heterocycles. The second-order valence-corrected chi connectivity index (χ2v) is 11.6. The molecule has 0 radical (unpaired) electrons. The number of rotatable bonds is 3. The monoisotopic (exact) mass is 738 g/mol. The highest BCUT2D eigenvalue weighted by Gasteiger charge is 2.44. The van der Waals surface area contributed by atoms with Crippen molar-refractivity contribution in [1.82, 2.24) is 28.7 Å². The van der Waals surface area contributed by atoms with Gasteiger partial charge in [0.25, 0.3) is 16.7 Å². The van der Waals surface area contributed by atoms with Crippen molar-refractivity contribution < 1.29 is 58.0 Å². The van der Waals surface area contributed by atoms with Crippen LogP contribution in [0.2, 0.25) is 0 Å². The van der Waals surface area contributed by atoms with Gasteiger partial charge in [-0.15, -0.1) is 0 Å². The summed E-state index contributed by atoms with van der Waals surface area (Å²) in [5, 5.41) is 57.2. The molecule has 0 aromatic carbocycles. The first-order valence-corrected chi connectivity index (χ1v) is 14.8. The highest BCUT2D eigenvalue weighted by atomic mass is 19.1. The molecular weight excluding hydrogens is 705 g/mol. The van der Waals surface area contributed by atoms with Gasteiger partial charge in [0.15, 0.2) is 18.7 Å². The van der Waals surface area contributed by atoms with Crippen LogP contribution in [0.4, 0.5) is 13.2 Å². The Morgan fingerprint density at radius 2 is 0.686 bits per heavy atom. The Kier molecular flexibility index (Phi) is 11.8. The van der Waals surface area contributed by atoms with E-state index >= 15 is 0 Å². The van der Waals surface area contributed by atoms with Crippen molar-refractivity contribution in [1.29, 1.82) is 0 Å². The predicted molar refractivity (Wildman–Crippen MR) is 159 cm³/mol. The summed E-state index contributed by atoms with van der Waals surface area (Å²) < 4.78 is 56.6. The summed E-state index contributed by atoms with van der Waals surface area (Å²) in [4.78, 5) is 71.9. The van der Waals surface area contributed by atoms with E-state index in [2.05, 4.69) is 0 Å². The van der Waals surface area contributed by atoms with Gasteiger partial charge in [-0.25, -0.2) is 14.4 Å². The number of aliphatic hydroxyl groups is 6. The highest BCUT2D eigenvalue weighted by Crippen LogP contribution is 2.29. The molecule has 3 saturated heterocycles. The van der Waals surface area contributed by atoms with Gasteiger partial charge in [0.2, 0.25) is 17.5 Å². The van der Waals surface area contributed by atoms with Gasteiger partial charge in [-0.2, -0.15) is 13.2 Å². The van der Waals surface area contributed by atoms with Crippen LogP contribution in [0.5, 0.6) is 0 Å². The molecule has 3 aromatic rings. The standard InChI is InChI=1S/3C9H11FN2O5/c3*1-3-5(13)6(14)8(17-3)12-2-4(10)7(15)11-9(12)16/h3*2-3,5-6,8,13-14H,1H3,(H,11,15,16)/t3*3-,5-,6-,8-/m111/s1. The molecule has 12 atom stereocenters. The van der Waals surface area contributed by atoms with E-state index < -0.39 is 125 Å². The smallest absolute Gasteiger partial charge is 0.330 e. The fourth-order valence-corrected chi connectivity index (χ4v) is 5.12. The second kappa shape index (κ2) is 15.4. The average molecular weight is 739 g/mol. The van der Waals surface area contributed by atoms with Crippen LogP contribution in [-0.4, -0.2) is 114 Å². The number of nitrogens with zero attached hydrogens (tertiary/aromatic N) is 3. The normalized spacial score (nSPS) is 32.9. The lowest BCUT2D eigenvalue weighted by molar-refractivity contribution is -0.0357. The molecule has 282 valence electrons. The molecule has 6 heterocycles. The molecule has 3 fully saturated rings. The number of aromatic nitrogens is 6. The van der Waals surface area contributed by atoms with Gasteiger partial charge in [0.05, 0.1) is 36.9 Å². The van der Waals surface area contributed by atoms with Crippen molar-refractivity contribution in [2.75, 3.05) is 0 Å². The van der Waals surface area contributed by atoms with E-state index in [-0.39, 0.29) is 0 Å². The van der Waals surface area contributed by atoms with E-state index in [0.717, 1.165) is 0 Å². The quantitative estimate of drug-likeness (QED) is 0.121. The number of ether oxygens (including phenoxy) is 3. The zero-order chi connectivity index (χ0) is 38.2. The predicted octanol–water partition coefficient (Wildman–Crippen LogP) is -5.06. The third kappa shape index (κ3) is 8.03. The van der Waals surface area contributed by atoms with Crippen LogP contribution in [0.25, 0.3) is 0 Å². The molecule has 0 bridgehead atoms. The largest absolute Gasteiger partial charge is 0.388 e. The molecule has 21 nitrogen and oxygen atoms in total. The Hall–Kier alpha value is -4.53. The lowest BCUT2D eigenvalue weighted by Crippen LogP contribution is -2.38. The van der Waals surface area contributed by atoms with Gasteiger partial charge in [0, 0.05) is 0 Å². The van der Waals surface area contributed by atoms with Crippen LogP contribution >= 0.6 is 0 Å². The van der Waals surface area contributed by atoms with E-state index in [9.17, 15) is 72.6 Å². The van der Waals surface area contributed by atoms with Crippen molar-refractivity contribution in [3.8, 4) is 0 Å². The van der Waals surface area contributed by atoms with Gasteiger partial charge in [-0.1, -0.05) is 0 Å². The Bertz CT molecular complexity index is 1850. The van der Waals surface area contributed by atoms with Crippen LogP contribution in [0.3, 0.4) is 0 Å². The number of aromatic amines is 3. The number of halogens is 3. The van der Waals surface area contributed by atoms with Crippen LogP contribution in [0.1, 0.15) is 39.5 Å². The Labute approximate surface area is 280 Å². The fourth-order valence-electron chi connectivity index (χ4n) is 5.12. The summed E-state index contributed by atoms with van der Waals surface area (Å²) in [6.45, 7) is 4.50. The first-order valence-electron chi connectivity index (χ1n) is 14.8. The van der Waals surface area contributed by atoms with Crippen LogP contribution in [-0.2, 0) is 14.2 Å². The van der Waals surface area contributed by atoms with E-state index in [4.69, 9.17) is 14.2 Å². The van der Waals surface area contributed by atoms with Gasteiger partial charge in [-0.3, -0.25) is 43.0 Å². The van der Waals surface area contributed by atoms with Crippen LogP contribution < -0.4 is 33.7 Å². The zero-order valence-electron chi connectivity index (χ0n) is 26.5. The summed E-state index contributed by atoms with van der Waals surface area (Å²) in [7, 11) is 0. The van der Waals surface area contributed by atoms with E-state index in [0.29, 0.717) is 32.3 Å². The Morgan fingerprint density at radius 3 is 0.863 bits per heavy atom. The molecule has 51 heavy (non-hydrogen) atoms. The molecule has 0 aliphatic carbocycles. The molecule has 6 rings (SSSR count). The maximum atomic E-state index is 13.0. The summed E-state index contributed by atoms with van der Waals surface area (Å²) >= 11 is 0. The summed E-state index contributed by atoms with van der Waals surface area (Å²) in [5.74, 6) is -3.52. The molecule has 3 aromatic heterocycles. The minimum absolute atomic E-state index is 0.639. The first-order chi connectivity index (χ1) is 23.7. The van der Waals surface area contributed by atoms with Crippen molar-refractivity contribution in [2.45, 2.75) is 94.4 Å². The summed E-state index contributed by atoms with van der Waals surface area (Å²) in [6.07, 6.45) is -11.5. The molecule has 0 spiro atoms. The SMILES string of the molecule is C[C@H]1O[C@@H](n2cc(F)c(=O)[nH]c2=O)[C@H](O)[C@@H]1O.C[C@H]1O[C@@H](n2cc(F)c(=O)[nH]c2=O)[C@H](O)[C@@H]1O.C[C@H]1O[C@@H](n2cc(F)c(=O)[nH]c2=O)[C@H](O)[C@@H]1O. The topological polar surface area (TPSA) is 314 Å². The van der Waals surface area contributed by atoms with Crippen LogP contribution in [0, 0.1) is 17.5 Å². The average Bonchev–Trinajstić information content (AvgIpc) is 3.59. The number of H-pyrrole nitrogens is 3. The van der Waals surface area contributed by atoms with Crippen LogP contribution in [0.15, 0.2) is 47.4 Å². The van der Waals surface area contributed by atoms with Crippen molar-refractivity contribution >= 4 is 0 Å². The van der Waals surface area contributed by atoms with Gasteiger partial charge in [0.1, 0.15) is 36.6 Å². The lowest BCUT2D eigenvalue weighted by Gasteiger charge is -2.16. The molecular formula is C27H33F3N6O15. The van der Waals surface area contributed by atoms with E-state index in [1.807, 2.05) is 0 Å². The lowest BCUT2D eigenvalue weighted by atomic mass is 10.1. The maximum absolute atomic E-state index is 13.0. The fraction of sp³-hybridized carbons (Fsp3) is 0.556. The number of hydrogen-bond acceptors (Lipinski definition) is 15. The van der Waals surface area contributed by atoms with Crippen molar-refractivity contribution in [3.05, 3.63) is 98.6 Å². The van der Waals surface area contributed by atoms with E-state index in [1.54, 1.807) is 15.0 Å². The second-order valence-electron chi connectivity index (χ2n) is 11.6. The van der Waals surface area contributed by atoms with Gasteiger partial charge < -0.3 is 44.8 Å². The van der Waals surface area contributed by atoms with Gasteiger partial charge >= 0.3 is 17.1 Å². The third-order valence-corrected chi connectivity index (χ3v) is 8.03. The zero-order valence-corrected chi connectivity index (χ0v) is 26.5. The van der Waals surface area contributed by atoms with Crippen molar-refractivity contribution in [2.24, 2.45) is 0 Å². The number of nitrogens with one attached hydrogen (secondary N) is 3. The third-order valence-electron chi connectivity index (χ3n) is 8.03. The molecule has 9 N–H and O–H groups in total. The minimum Gasteiger partial charge on any atom is -0.388 e. The molecule has 0 unspecified atom stereocenters. The molecule has 3 aliphatic rings. The molecule has 24 heteroatoms. The number of hydrogen-bond donors (Lipinski definition) is 9. The van der Waals surface area contributed by atoms with Gasteiger partial charge in [-0.05, 0) is 20.8 Å². The summed E-state index contributed by atoms with van der Waals surface area (Å²) in [5.41, 5.74) is -6.18. The Balaban J connectivity index is 0.000000172. The van der Waals surface area contributed by atoms with E-state index in [1.165, 1.54) is 20.8 Å². The molecule has 0 amide bonds. The Morgan fingerprint density at radius 1 is 0.471 bits per heavy atom. The summed E-state index contributed by atoms with van der Waals surface area (Å²) in [6, 6.07) is 0.